The van der Waals surface area contributed by atoms with Gasteiger partial charge in [0, 0.05) is 4.83 Å². The maximum atomic E-state index is 3.60. The largest absolute Gasteiger partial charge is 0.317 e. The molecule has 1 nitrogen and oxygen atoms in total. The van der Waals surface area contributed by atoms with Gasteiger partial charge in [0.15, 0.2) is 0 Å². The van der Waals surface area contributed by atoms with E-state index < -0.39 is 0 Å². The lowest BCUT2D eigenvalue weighted by Gasteiger charge is -2.00. The summed E-state index contributed by atoms with van der Waals surface area (Å²) < 4.78 is 0. The molecule has 1 N–H and O–H groups in total. The summed E-state index contributed by atoms with van der Waals surface area (Å²) in [7, 11) is 0. The Bertz CT molecular complexity index is 57.5. The van der Waals surface area contributed by atoms with Crippen molar-refractivity contribution in [1.29, 1.82) is 0 Å². The zero-order chi connectivity index (χ0) is 5.82. The molecule has 0 aromatic carbocycles. The summed E-state index contributed by atoms with van der Waals surface area (Å²) in [4.78, 5) is 0.775. The van der Waals surface area contributed by atoms with Crippen LogP contribution in [0.5, 0.6) is 0 Å². The van der Waals surface area contributed by atoms with Crippen LogP contribution < -0.4 is 5.32 Å². The predicted molar refractivity (Wildman–Crippen MR) is 39.4 cm³/mol. The number of nitrogens with one attached hydrogen (secondary N) is 1. The molecule has 1 rings (SSSR count). The van der Waals surface area contributed by atoms with Gasteiger partial charge in [-0.3, -0.25) is 0 Å². The monoisotopic (exact) mass is 177 g/mol. The van der Waals surface area contributed by atoms with Crippen LogP contribution in [-0.2, 0) is 0 Å². The standard InChI is InChI=1S/C6H12BrN/c7-6-2-1-4-8-5-3-6/h6,8H,1-5H2. The van der Waals surface area contributed by atoms with E-state index in [2.05, 4.69) is 21.2 Å². The summed E-state index contributed by atoms with van der Waals surface area (Å²) in [6.45, 7) is 2.40. The Morgan fingerprint density at radius 2 is 2.12 bits per heavy atom. The van der Waals surface area contributed by atoms with Crippen LogP contribution >= 0.6 is 15.9 Å². The smallest absolute Gasteiger partial charge is 0.0158 e. The molecule has 1 saturated heterocycles. The Kier molecular flexibility index (Phi) is 2.84. The lowest BCUT2D eigenvalue weighted by molar-refractivity contribution is 0.703. The van der Waals surface area contributed by atoms with Crippen molar-refractivity contribution in [2.24, 2.45) is 0 Å². The molecule has 0 aromatic rings. The van der Waals surface area contributed by atoms with E-state index in [4.69, 9.17) is 0 Å². The third kappa shape index (κ3) is 2.14. The van der Waals surface area contributed by atoms with Gasteiger partial charge in [-0.15, -0.1) is 0 Å². The first-order valence-electron chi connectivity index (χ1n) is 3.24. The van der Waals surface area contributed by atoms with Crippen molar-refractivity contribution < 1.29 is 0 Å². The Hall–Kier alpha value is 0.440. The molecule has 48 valence electrons. The molecule has 1 fully saturated rings. The second-order valence-corrected chi connectivity index (χ2v) is 3.57. The maximum absolute atomic E-state index is 3.60. The van der Waals surface area contributed by atoms with Crippen LogP contribution in [0.4, 0.5) is 0 Å². The zero-order valence-electron chi connectivity index (χ0n) is 4.99. The highest BCUT2D eigenvalue weighted by molar-refractivity contribution is 9.09. The molecule has 1 aliphatic heterocycles. The summed E-state index contributed by atoms with van der Waals surface area (Å²) in [5, 5.41) is 3.35. The fourth-order valence-electron chi connectivity index (χ4n) is 0.977. The highest BCUT2D eigenvalue weighted by atomic mass is 79.9. The molecule has 1 atom stereocenters. The molecule has 0 aliphatic carbocycles. The van der Waals surface area contributed by atoms with Gasteiger partial charge in [-0.1, -0.05) is 15.9 Å². The van der Waals surface area contributed by atoms with E-state index in [0.29, 0.717) is 0 Å². The average molecular weight is 178 g/mol. The maximum Gasteiger partial charge on any atom is 0.0158 e. The highest BCUT2D eigenvalue weighted by Crippen LogP contribution is 2.12. The summed E-state index contributed by atoms with van der Waals surface area (Å²) in [6, 6.07) is 0. The summed E-state index contributed by atoms with van der Waals surface area (Å²) >= 11 is 3.60. The average Bonchev–Trinajstić information content (AvgIpc) is 1.94. The Morgan fingerprint density at radius 3 is 3.00 bits per heavy atom. The molecule has 1 aliphatic rings. The Balaban J connectivity index is 2.17. The summed E-state index contributed by atoms with van der Waals surface area (Å²) in [6.07, 6.45) is 3.96. The van der Waals surface area contributed by atoms with Gasteiger partial charge in [-0.25, -0.2) is 0 Å². The van der Waals surface area contributed by atoms with E-state index >= 15 is 0 Å². The molecule has 0 amide bonds. The van der Waals surface area contributed by atoms with Crippen molar-refractivity contribution in [3.63, 3.8) is 0 Å². The molecule has 8 heavy (non-hydrogen) atoms. The molecule has 2 heteroatoms. The van der Waals surface area contributed by atoms with Gasteiger partial charge in [0.25, 0.3) is 0 Å². The van der Waals surface area contributed by atoms with Gasteiger partial charge in [0.05, 0.1) is 0 Å². The van der Waals surface area contributed by atoms with E-state index in [-0.39, 0.29) is 0 Å². The number of halogens is 1. The van der Waals surface area contributed by atoms with E-state index in [9.17, 15) is 0 Å². The van der Waals surface area contributed by atoms with Crippen molar-refractivity contribution in [1.82, 2.24) is 5.32 Å². The van der Waals surface area contributed by atoms with E-state index in [1.165, 1.54) is 32.4 Å². The molecule has 0 aromatic heterocycles. The van der Waals surface area contributed by atoms with Gasteiger partial charge < -0.3 is 5.32 Å². The minimum absolute atomic E-state index is 0.775. The lowest BCUT2D eigenvalue weighted by Crippen LogP contribution is -2.13. The Labute approximate surface area is 59.0 Å². The molecule has 1 unspecified atom stereocenters. The van der Waals surface area contributed by atoms with Crippen LogP contribution in [0.25, 0.3) is 0 Å². The van der Waals surface area contributed by atoms with Gasteiger partial charge in [-0.2, -0.15) is 0 Å². The normalized spacial score (nSPS) is 31.9. The van der Waals surface area contributed by atoms with Gasteiger partial charge in [0.2, 0.25) is 0 Å². The van der Waals surface area contributed by atoms with Crippen LogP contribution in [0.3, 0.4) is 0 Å². The SMILES string of the molecule is BrC1CCCNCC1. The van der Waals surface area contributed by atoms with E-state index in [1.807, 2.05) is 0 Å². The molecular weight excluding hydrogens is 166 g/mol. The van der Waals surface area contributed by atoms with Crippen molar-refractivity contribution in [3.05, 3.63) is 0 Å². The third-order valence-electron chi connectivity index (χ3n) is 1.51. The second-order valence-electron chi connectivity index (χ2n) is 2.28. The number of hydrogen-bond donors (Lipinski definition) is 1. The predicted octanol–water partition coefficient (Wildman–Crippen LogP) is 1.52. The molecule has 0 spiro atoms. The quantitative estimate of drug-likeness (QED) is 0.554. The van der Waals surface area contributed by atoms with Crippen LogP contribution in [0.2, 0.25) is 0 Å². The van der Waals surface area contributed by atoms with Gasteiger partial charge in [-0.05, 0) is 32.4 Å². The number of alkyl halides is 1. The first-order chi connectivity index (χ1) is 3.89. The van der Waals surface area contributed by atoms with Crippen LogP contribution in [0.15, 0.2) is 0 Å². The van der Waals surface area contributed by atoms with Gasteiger partial charge in [0.1, 0.15) is 0 Å². The first kappa shape index (κ1) is 6.56. The lowest BCUT2D eigenvalue weighted by atomic mass is 10.2. The second kappa shape index (κ2) is 3.46. The fraction of sp³-hybridized carbons (Fsp3) is 1.00. The van der Waals surface area contributed by atoms with Crippen LogP contribution in [0.1, 0.15) is 19.3 Å². The molecular formula is C6H12BrN. The zero-order valence-corrected chi connectivity index (χ0v) is 6.58. The van der Waals surface area contributed by atoms with Crippen LogP contribution in [0, 0.1) is 0 Å². The molecule has 1 heterocycles. The van der Waals surface area contributed by atoms with Gasteiger partial charge >= 0.3 is 0 Å². The van der Waals surface area contributed by atoms with Crippen LogP contribution in [-0.4, -0.2) is 17.9 Å². The molecule has 0 saturated carbocycles. The highest BCUT2D eigenvalue weighted by Gasteiger charge is 2.05. The molecule has 0 bridgehead atoms. The topological polar surface area (TPSA) is 12.0 Å². The first-order valence-corrected chi connectivity index (χ1v) is 4.16. The minimum Gasteiger partial charge on any atom is -0.317 e. The van der Waals surface area contributed by atoms with Crippen molar-refractivity contribution in [3.8, 4) is 0 Å². The van der Waals surface area contributed by atoms with Crippen molar-refractivity contribution >= 4 is 15.9 Å². The summed E-state index contributed by atoms with van der Waals surface area (Å²) in [5.41, 5.74) is 0. The van der Waals surface area contributed by atoms with E-state index in [0.717, 1.165) is 4.83 Å². The third-order valence-corrected chi connectivity index (χ3v) is 2.42. The minimum atomic E-state index is 0.775. The number of rotatable bonds is 0. The summed E-state index contributed by atoms with van der Waals surface area (Å²) in [5.74, 6) is 0. The molecule has 0 radical (unpaired) electrons. The fourth-order valence-corrected chi connectivity index (χ4v) is 1.53. The Morgan fingerprint density at radius 1 is 1.25 bits per heavy atom. The van der Waals surface area contributed by atoms with Crippen molar-refractivity contribution in [2.45, 2.75) is 24.1 Å². The van der Waals surface area contributed by atoms with Crippen molar-refractivity contribution in [2.75, 3.05) is 13.1 Å². The number of hydrogen-bond acceptors (Lipinski definition) is 1. The van der Waals surface area contributed by atoms with E-state index in [1.54, 1.807) is 0 Å².